The minimum absolute atomic E-state index is 0.174. The Bertz CT molecular complexity index is 1360. The summed E-state index contributed by atoms with van der Waals surface area (Å²) < 4.78 is 16.3. The van der Waals surface area contributed by atoms with E-state index in [0.29, 0.717) is 32.6 Å². The molecule has 4 rings (SSSR count). The van der Waals surface area contributed by atoms with Gasteiger partial charge in [-0.2, -0.15) is 0 Å². The van der Waals surface area contributed by atoms with Crippen LogP contribution in [-0.2, 0) is 12.6 Å². The zero-order valence-electron chi connectivity index (χ0n) is 18.7. The van der Waals surface area contributed by atoms with Crippen LogP contribution in [0.4, 0.5) is 15.2 Å². The summed E-state index contributed by atoms with van der Waals surface area (Å²) in [5.74, 6) is -0.862. The van der Waals surface area contributed by atoms with Crippen LogP contribution >= 0.6 is 11.3 Å². The number of nitrogens with two attached hydrogens (primary N) is 1. The third-order valence-corrected chi connectivity index (χ3v) is 6.22. The van der Waals surface area contributed by atoms with E-state index in [1.165, 1.54) is 16.8 Å². The van der Waals surface area contributed by atoms with Crippen LogP contribution in [0.5, 0.6) is 0 Å². The molecule has 176 valence electrons. The van der Waals surface area contributed by atoms with Crippen molar-refractivity contribution in [2.75, 3.05) is 5.32 Å². The van der Waals surface area contributed by atoms with Crippen LogP contribution in [-0.4, -0.2) is 36.1 Å². The Morgan fingerprint density at radius 2 is 2.00 bits per heavy atom. The number of halogens is 1. The Kier molecular flexibility index (Phi) is 6.17. The number of amides is 1. The van der Waals surface area contributed by atoms with Crippen LogP contribution in [0.1, 0.15) is 47.3 Å². The Labute approximate surface area is 198 Å². The minimum Gasteiger partial charge on any atom is -0.386 e. The SMILES string of the molecule is Cn1cc(C(O)c2cccc(Nc3sc(-c4ccc(C(C)(C)O)cc4F)cc3C(N)=O)n2)nn1. The van der Waals surface area contributed by atoms with Crippen molar-refractivity contribution in [3.63, 3.8) is 0 Å². The second kappa shape index (κ2) is 8.93. The van der Waals surface area contributed by atoms with Gasteiger partial charge in [0.2, 0.25) is 0 Å². The smallest absolute Gasteiger partial charge is 0.251 e. The van der Waals surface area contributed by atoms with Crippen LogP contribution in [0.15, 0.2) is 48.7 Å². The van der Waals surface area contributed by atoms with Crippen molar-refractivity contribution in [3.05, 3.63) is 77.0 Å². The Balaban J connectivity index is 1.66. The summed E-state index contributed by atoms with van der Waals surface area (Å²) in [6.07, 6.45) is 0.495. The number of anilines is 2. The number of aliphatic hydroxyl groups excluding tert-OH is 1. The third kappa shape index (κ3) is 4.81. The number of primary amides is 1. The fourth-order valence-electron chi connectivity index (χ4n) is 3.33. The number of rotatable bonds is 7. The van der Waals surface area contributed by atoms with Gasteiger partial charge in [-0.15, -0.1) is 16.4 Å². The van der Waals surface area contributed by atoms with E-state index in [-0.39, 0.29) is 11.1 Å². The maximum atomic E-state index is 14.8. The summed E-state index contributed by atoms with van der Waals surface area (Å²) >= 11 is 1.13. The molecule has 3 heterocycles. The van der Waals surface area contributed by atoms with Crippen LogP contribution < -0.4 is 11.1 Å². The van der Waals surface area contributed by atoms with E-state index in [9.17, 15) is 19.4 Å². The lowest BCUT2D eigenvalue weighted by atomic mass is 9.96. The first kappa shape index (κ1) is 23.5. The van der Waals surface area contributed by atoms with Crippen LogP contribution in [0.2, 0.25) is 0 Å². The topological polar surface area (TPSA) is 139 Å². The molecule has 0 aliphatic carbocycles. The molecule has 1 atom stereocenters. The molecule has 4 aromatic rings. The maximum absolute atomic E-state index is 14.8. The normalized spacial score (nSPS) is 12.5. The van der Waals surface area contributed by atoms with Gasteiger partial charge in [-0.1, -0.05) is 23.4 Å². The number of pyridine rings is 1. The van der Waals surface area contributed by atoms with Gasteiger partial charge in [-0.25, -0.2) is 9.37 Å². The lowest BCUT2D eigenvalue weighted by molar-refractivity contribution is 0.0782. The average Bonchev–Trinajstić information content (AvgIpc) is 3.39. The van der Waals surface area contributed by atoms with E-state index in [1.54, 1.807) is 57.4 Å². The van der Waals surface area contributed by atoms with Gasteiger partial charge in [0.25, 0.3) is 5.91 Å². The second-order valence-electron chi connectivity index (χ2n) is 8.26. The highest BCUT2D eigenvalue weighted by Crippen LogP contribution is 2.38. The highest BCUT2D eigenvalue weighted by atomic mass is 32.1. The molecule has 11 heteroatoms. The van der Waals surface area contributed by atoms with Gasteiger partial charge in [0, 0.05) is 17.5 Å². The standard InChI is InChI=1S/C23H23FN6O3S/c1-23(2,33)12-7-8-13(15(24)9-12)18-10-14(21(25)32)22(34-18)27-19-6-4-5-16(26-19)20(31)17-11-30(3)29-28-17/h4-11,20,31,33H,1-3H3,(H2,25,32)(H,26,27). The van der Waals surface area contributed by atoms with E-state index in [1.807, 2.05) is 0 Å². The number of hydrogen-bond donors (Lipinski definition) is 4. The van der Waals surface area contributed by atoms with E-state index in [2.05, 4.69) is 20.6 Å². The van der Waals surface area contributed by atoms with Crippen molar-refractivity contribution in [1.82, 2.24) is 20.0 Å². The van der Waals surface area contributed by atoms with Crippen LogP contribution in [0.25, 0.3) is 10.4 Å². The van der Waals surface area contributed by atoms with Crippen molar-refractivity contribution in [2.24, 2.45) is 12.8 Å². The summed E-state index contributed by atoms with van der Waals surface area (Å²) in [5, 5.41) is 31.8. The molecule has 3 aromatic heterocycles. The van der Waals surface area contributed by atoms with Gasteiger partial charge >= 0.3 is 0 Å². The molecule has 34 heavy (non-hydrogen) atoms. The number of aliphatic hydroxyl groups is 2. The molecule has 0 bridgehead atoms. The lowest BCUT2D eigenvalue weighted by Gasteiger charge is -2.18. The van der Waals surface area contributed by atoms with Crippen molar-refractivity contribution in [3.8, 4) is 10.4 Å². The molecule has 0 saturated carbocycles. The predicted molar refractivity (Wildman–Crippen MR) is 126 cm³/mol. The van der Waals surface area contributed by atoms with Crippen LogP contribution in [0.3, 0.4) is 0 Å². The fraction of sp³-hybridized carbons (Fsp3) is 0.217. The predicted octanol–water partition coefficient (Wildman–Crippen LogP) is 3.23. The number of carbonyl (C=O) groups is 1. The third-order valence-electron chi connectivity index (χ3n) is 5.13. The first-order chi connectivity index (χ1) is 16.0. The molecule has 0 radical (unpaired) electrons. The molecule has 0 spiro atoms. The molecule has 9 nitrogen and oxygen atoms in total. The summed E-state index contributed by atoms with van der Waals surface area (Å²) in [7, 11) is 1.69. The number of benzene rings is 1. The van der Waals surface area contributed by atoms with Gasteiger partial charge in [0.1, 0.15) is 28.4 Å². The van der Waals surface area contributed by atoms with Crippen molar-refractivity contribution in [1.29, 1.82) is 0 Å². The molecule has 5 N–H and O–H groups in total. The number of aromatic nitrogens is 4. The molecule has 0 aliphatic heterocycles. The highest BCUT2D eigenvalue weighted by Gasteiger charge is 2.22. The molecule has 1 amide bonds. The number of nitrogens with zero attached hydrogens (tertiary/aromatic N) is 4. The summed E-state index contributed by atoms with van der Waals surface area (Å²) in [6.45, 7) is 3.14. The Morgan fingerprint density at radius 1 is 1.24 bits per heavy atom. The van der Waals surface area contributed by atoms with E-state index in [4.69, 9.17) is 5.73 Å². The molecule has 1 unspecified atom stereocenters. The first-order valence-electron chi connectivity index (χ1n) is 10.3. The number of nitrogens with one attached hydrogen (secondary N) is 1. The molecule has 0 saturated heterocycles. The number of thiophene rings is 1. The quantitative estimate of drug-likeness (QED) is 0.317. The molecule has 1 aromatic carbocycles. The fourth-order valence-corrected chi connectivity index (χ4v) is 4.42. The molecular weight excluding hydrogens is 459 g/mol. The van der Waals surface area contributed by atoms with Gasteiger partial charge in [0.05, 0.1) is 23.1 Å². The van der Waals surface area contributed by atoms with Crippen molar-refractivity contribution >= 4 is 28.1 Å². The van der Waals surface area contributed by atoms with Gasteiger partial charge in [0.15, 0.2) is 0 Å². The lowest BCUT2D eigenvalue weighted by Crippen LogP contribution is -2.15. The van der Waals surface area contributed by atoms with Gasteiger partial charge < -0.3 is 21.3 Å². The number of aryl methyl sites for hydroxylation is 1. The minimum atomic E-state index is -1.19. The second-order valence-corrected chi connectivity index (χ2v) is 9.32. The van der Waals surface area contributed by atoms with E-state index < -0.39 is 23.4 Å². The zero-order valence-corrected chi connectivity index (χ0v) is 19.5. The van der Waals surface area contributed by atoms with E-state index in [0.717, 1.165) is 11.3 Å². The van der Waals surface area contributed by atoms with Crippen molar-refractivity contribution < 1.29 is 19.4 Å². The largest absolute Gasteiger partial charge is 0.386 e. The van der Waals surface area contributed by atoms with Crippen molar-refractivity contribution in [2.45, 2.75) is 25.6 Å². The van der Waals surface area contributed by atoms with Gasteiger partial charge in [-0.3, -0.25) is 9.48 Å². The number of carbonyl (C=O) groups excluding carboxylic acids is 1. The average molecular weight is 483 g/mol. The molecular formula is C23H23FN6O3S. The monoisotopic (exact) mass is 482 g/mol. The summed E-state index contributed by atoms with van der Waals surface area (Å²) in [4.78, 5) is 17.0. The van der Waals surface area contributed by atoms with Gasteiger partial charge in [-0.05, 0) is 43.7 Å². The Hall–Kier alpha value is -3.67. The first-order valence-corrected chi connectivity index (χ1v) is 11.1. The Morgan fingerprint density at radius 3 is 2.62 bits per heavy atom. The van der Waals surface area contributed by atoms with E-state index >= 15 is 0 Å². The maximum Gasteiger partial charge on any atom is 0.251 e. The highest BCUT2D eigenvalue weighted by molar-refractivity contribution is 7.19. The molecule has 0 aliphatic rings. The summed E-state index contributed by atoms with van der Waals surface area (Å²) in [5.41, 5.74) is 5.92. The summed E-state index contributed by atoms with van der Waals surface area (Å²) in [6, 6.07) is 11.0. The molecule has 0 fully saturated rings. The van der Waals surface area contributed by atoms with Crippen LogP contribution in [0, 0.1) is 5.82 Å². The zero-order chi connectivity index (χ0) is 24.6. The number of hydrogen-bond acceptors (Lipinski definition) is 8.